The third-order valence-electron chi connectivity index (χ3n) is 3.41. The van der Waals surface area contributed by atoms with Crippen LogP contribution in [-0.4, -0.2) is 66.3 Å². The van der Waals surface area contributed by atoms with Crippen molar-refractivity contribution in [2.75, 3.05) is 39.4 Å². The van der Waals surface area contributed by atoms with E-state index >= 15 is 0 Å². The molecule has 0 bridgehead atoms. The molecular formula is C14H19N3O5. The van der Waals surface area contributed by atoms with Crippen molar-refractivity contribution in [2.45, 2.75) is 6.10 Å². The van der Waals surface area contributed by atoms with Crippen LogP contribution in [0.4, 0.5) is 5.69 Å². The number of non-ortho nitro benzene ring substituents is 1. The highest BCUT2D eigenvalue weighted by molar-refractivity contribution is 5.94. The smallest absolute Gasteiger partial charge is 0.269 e. The Morgan fingerprint density at radius 2 is 2.00 bits per heavy atom. The Balaban J connectivity index is 1.77. The number of hydrogen-bond acceptors (Lipinski definition) is 6. The zero-order chi connectivity index (χ0) is 15.9. The lowest BCUT2D eigenvalue weighted by Crippen LogP contribution is -2.44. The second-order valence-corrected chi connectivity index (χ2v) is 5.08. The van der Waals surface area contributed by atoms with Crippen molar-refractivity contribution >= 4 is 11.6 Å². The minimum atomic E-state index is -0.667. The fraction of sp³-hybridized carbons (Fsp3) is 0.500. The molecule has 1 saturated heterocycles. The number of amides is 1. The third kappa shape index (κ3) is 4.76. The highest BCUT2D eigenvalue weighted by Crippen LogP contribution is 2.11. The maximum atomic E-state index is 11.9. The number of nitrogens with one attached hydrogen (secondary N) is 1. The second kappa shape index (κ2) is 7.83. The quantitative estimate of drug-likeness (QED) is 0.567. The first kappa shape index (κ1) is 16.3. The molecule has 8 heteroatoms. The largest absolute Gasteiger partial charge is 0.390 e. The SMILES string of the molecule is O=C(NC[C@@H](O)CN1CCOCC1)c1ccc([N+](=O)[O-])cc1. The summed E-state index contributed by atoms with van der Waals surface area (Å²) in [6.07, 6.45) is -0.667. The van der Waals surface area contributed by atoms with Gasteiger partial charge in [0.15, 0.2) is 0 Å². The zero-order valence-corrected chi connectivity index (χ0v) is 12.1. The summed E-state index contributed by atoms with van der Waals surface area (Å²) in [6, 6.07) is 5.34. The van der Waals surface area contributed by atoms with Crippen molar-refractivity contribution in [3.8, 4) is 0 Å². The first-order valence-corrected chi connectivity index (χ1v) is 7.07. The molecule has 1 aromatic carbocycles. The third-order valence-corrected chi connectivity index (χ3v) is 3.41. The number of benzene rings is 1. The van der Waals surface area contributed by atoms with E-state index in [2.05, 4.69) is 10.2 Å². The lowest BCUT2D eigenvalue weighted by atomic mass is 10.2. The van der Waals surface area contributed by atoms with Gasteiger partial charge in [-0.15, -0.1) is 0 Å². The summed E-state index contributed by atoms with van der Waals surface area (Å²) in [7, 11) is 0. The predicted octanol–water partition coefficient (Wildman–Crippen LogP) is 0.0177. The highest BCUT2D eigenvalue weighted by Gasteiger charge is 2.16. The number of nitrogens with zero attached hydrogens (tertiary/aromatic N) is 2. The van der Waals surface area contributed by atoms with E-state index in [0.717, 1.165) is 13.1 Å². The molecule has 0 saturated carbocycles. The highest BCUT2D eigenvalue weighted by atomic mass is 16.6. The average Bonchev–Trinajstić information content (AvgIpc) is 2.53. The number of hydrogen-bond donors (Lipinski definition) is 2. The molecule has 120 valence electrons. The van der Waals surface area contributed by atoms with Crippen LogP contribution in [0.5, 0.6) is 0 Å². The van der Waals surface area contributed by atoms with Crippen LogP contribution in [0.2, 0.25) is 0 Å². The normalized spacial score (nSPS) is 17.0. The lowest BCUT2D eigenvalue weighted by Gasteiger charge is -2.28. The van der Waals surface area contributed by atoms with Gasteiger partial charge in [-0.1, -0.05) is 0 Å². The summed E-state index contributed by atoms with van der Waals surface area (Å²) < 4.78 is 5.22. The minimum absolute atomic E-state index is 0.0658. The number of carbonyl (C=O) groups excluding carboxylic acids is 1. The molecule has 1 atom stereocenters. The second-order valence-electron chi connectivity index (χ2n) is 5.08. The summed E-state index contributed by atoms with van der Waals surface area (Å²) >= 11 is 0. The summed E-state index contributed by atoms with van der Waals surface area (Å²) in [4.78, 5) is 24.0. The number of nitro benzene ring substituents is 1. The van der Waals surface area contributed by atoms with Crippen molar-refractivity contribution in [3.63, 3.8) is 0 Å². The number of carbonyl (C=O) groups is 1. The number of nitro groups is 1. The Hall–Kier alpha value is -2.03. The van der Waals surface area contributed by atoms with Crippen LogP contribution in [0.25, 0.3) is 0 Å². The monoisotopic (exact) mass is 309 g/mol. The van der Waals surface area contributed by atoms with Gasteiger partial charge >= 0.3 is 0 Å². The van der Waals surface area contributed by atoms with E-state index in [1.54, 1.807) is 0 Å². The average molecular weight is 309 g/mol. The van der Waals surface area contributed by atoms with E-state index in [4.69, 9.17) is 4.74 Å². The van der Waals surface area contributed by atoms with E-state index in [-0.39, 0.29) is 18.1 Å². The van der Waals surface area contributed by atoms with Crippen molar-refractivity contribution < 1.29 is 19.6 Å². The first-order valence-electron chi connectivity index (χ1n) is 7.07. The number of aliphatic hydroxyl groups is 1. The van der Waals surface area contributed by atoms with Gasteiger partial charge in [0, 0.05) is 43.9 Å². The fourth-order valence-corrected chi connectivity index (χ4v) is 2.19. The molecule has 1 aliphatic rings. The molecule has 2 rings (SSSR count). The zero-order valence-electron chi connectivity index (χ0n) is 12.1. The van der Waals surface area contributed by atoms with Gasteiger partial charge in [-0.05, 0) is 12.1 Å². The van der Waals surface area contributed by atoms with Crippen molar-refractivity contribution in [3.05, 3.63) is 39.9 Å². The van der Waals surface area contributed by atoms with Crippen LogP contribution >= 0.6 is 0 Å². The predicted molar refractivity (Wildman–Crippen MR) is 78.7 cm³/mol. The number of morpholine rings is 1. The Bertz CT molecular complexity index is 514. The summed E-state index contributed by atoms with van der Waals surface area (Å²) in [5, 5.41) is 23.1. The summed E-state index contributed by atoms with van der Waals surface area (Å²) in [5.41, 5.74) is 0.257. The van der Waals surface area contributed by atoms with E-state index in [9.17, 15) is 20.0 Å². The molecule has 1 amide bonds. The van der Waals surface area contributed by atoms with Gasteiger partial charge in [-0.3, -0.25) is 19.8 Å². The molecule has 1 heterocycles. The van der Waals surface area contributed by atoms with Gasteiger partial charge < -0.3 is 15.2 Å². The van der Waals surface area contributed by atoms with Gasteiger partial charge in [0.05, 0.1) is 24.2 Å². The molecule has 1 fully saturated rings. The molecule has 0 spiro atoms. The van der Waals surface area contributed by atoms with Gasteiger partial charge in [0.2, 0.25) is 0 Å². The fourth-order valence-electron chi connectivity index (χ4n) is 2.19. The van der Waals surface area contributed by atoms with Crippen LogP contribution in [-0.2, 0) is 4.74 Å². The standard InChI is InChI=1S/C14H19N3O5/c18-13(10-16-5-7-22-8-6-16)9-15-14(19)11-1-3-12(4-2-11)17(20)21/h1-4,13,18H,5-10H2,(H,15,19)/t13-/m1/s1. The molecule has 0 aliphatic carbocycles. The summed E-state index contributed by atoms with van der Waals surface area (Å²) in [6.45, 7) is 3.46. The number of ether oxygens (including phenoxy) is 1. The molecular weight excluding hydrogens is 290 g/mol. The van der Waals surface area contributed by atoms with Gasteiger partial charge in [-0.2, -0.15) is 0 Å². The maximum absolute atomic E-state index is 11.9. The van der Waals surface area contributed by atoms with Gasteiger partial charge in [0.25, 0.3) is 11.6 Å². The van der Waals surface area contributed by atoms with Crippen LogP contribution in [0, 0.1) is 10.1 Å². The van der Waals surface area contributed by atoms with E-state index in [1.807, 2.05) is 0 Å². The molecule has 2 N–H and O–H groups in total. The molecule has 1 aliphatic heterocycles. The van der Waals surface area contributed by atoms with Crippen LogP contribution < -0.4 is 5.32 Å². The molecule has 8 nitrogen and oxygen atoms in total. The number of aliphatic hydroxyl groups excluding tert-OH is 1. The molecule has 22 heavy (non-hydrogen) atoms. The Kier molecular flexibility index (Phi) is 5.82. The molecule has 1 aromatic rings. The van der Waals surface area contributed by atoms with Crippen molar-refractivity contribution in [2.24, 2.45) is 0 Å². The van der Waals surface area contributed by atoms with Gasteiger partial charge in [-0.25, -0.2) is 0 Å². The topological polar surface area (TPSA) is 105 Å². The number of rotatable bonds is 6. The Morgan fingerprint density at radius 3 is 2.59 bits per heavy atom. The molecule has 0 aromatic heterocycles. The number of β-amino-alcohol motifs (C(OH)–C–C–N with tert-alkyl or cyclic N) is 1. The molecule has 0 unspecified atom stereocenters. The van der Waals surface area contributed by atoms with E-state index < -0.39 is 11.0 Å². The maximum Gasteiger partial charge on any atom is 0.269 e. The van der Waals surface area contributed by atoms with Crippen LogP contribution in [0.15, 0.2) is 24.3 Å². The van der Waals surface area contributed by atoms with E-state index in [1.165, 1.54) is 24.3 Å². The molecule has 0 radical (unpaired) electrons. The first-order chi connectivity index (χ1) is 10.6. The minimum Gasteiger partial charge on any atom is -0.390 e. The Morgan fingerprint density at radius 1 is 1.36 bits per heavy atom. The van der Waals surface area contributed by atoms with Crippen LogP contribution in [0.3, 0.4) is 0 Å². The summed E-state index contributed by atoms with van der Waals surface area (Å²) in [5.74, 6) is -0.365. The van der Waals surface area contributed by atoms with Gasteiger partial charge in [0.1, 0.15) is 0 Å². The lowest BCUT2D eigenvalue weighted by molar-refractivity contribution is -0.384. The Labute approximate surface area is 127 Å². The van der Waals surface area contributed by atoms with Crippen LogP contribution in [0.1, 0.15) is 10.4 Å². The van der Waals surface area contributed by atoms with Crippen molar-refractivity contribution in [1.29, 1.82) is 0 Å². The van der Waals surface area contributed by atoms with E-state index in [0.29, 0.717) is 25.3 Å². The van der Waals surface area contributed by atoms with Crippen molar-refractivity contribution in [1.82, 2.24) is 10.2 Å².